The Bertz CT molecular complexity index is 417. The van der Waals surface area contributed by atoms with Crippen molar-refractivity contribution in [3.05, 3.63) is 0 Å². The van der Waals surface area contributed by atoms with Crippen LogP contribution in [-0.2, 0) is 9.09 Å². The zero-order valence-electron chi connectivity index (χ0n) is 16.4. The molecule has 1 aliphatic heterocycles. The van der Waals surface area contributed by atoms with Crippen LogP contribution in [0, 0.1) is 11.8 Å². The molecule has 0 aliphatic carbocycles. The Morgan fingerprint density at radius 3 is 2.67 bits per heavy atom. The van der Waals surface area contributed by atoms with Crippen molar-refractivity contribution in [2.24, 2.45) is 11.8 Å². The number of aliphatic hydroxyl groups is 1. The molecule has 6 nitrogen and oxygen atoms in total. The lowest BCUT2D eigenvalue weighted by atomic mass is 9.77. The summed E-state index contributed by atoms with van der Waals surface area (Å²) in [5.41, 5.74) is 0. The summed E-state index contributed by atoms with van der Waals surface area (Å²) in [6.07, 6.45) is 2.03. The molecule has 1 fully saturated rings. The van der Waals surface area contributed by atoms with Crippen molar-refractivity contribution in [2.45, 2.75) is 31.4 Å². The summed E-state index contributed by atoms with van der Waals surface area (Å²) in [6.45, 7) is 5.18. The molecule has 0 radical (unpaired) electrons. The second-order valence-electron chi connectivity index (χ2n) is 7.90. The molecule has 140 valence electrons. The van der Waals surface area contributed by atoms with Gasteiger partial charge in [-0.3, -0.25) is 4.57 Å². The van der Waals surface area contributed by atoms with Crippen LogP contribution >= 0.6 is 7.67 Å². The summed E-state index contributed by atoms with van der Waals surface area (Å²) < 4.78 is 23.2. The third kappa shape index (κ3) is 6.47. The highest BCUT2D eigenvalue weighted by Crippen LogP contribution is 2.55. The van der Waals surface area contributed by atoms with E-state index in [0.717, 1.165) is 25.9 Å². The van der Waals surface area contributed by atoms with Gasteiger partial charge in [0.05, 0.1) is 6.61 Å². The highest BCUT2D eigenvalue weighted by Gasteiger charge is 2.39. The van der Waals surface area contributed by atoms with Crippen LogP contribution in [0.3, 0.4) is 0 Å². The van der Waals surface area contributed by atoms with Crippen LogP contribution in [0.2, 0.25) is 11.6 Å². The normalized spacial score (nSPS) is 27.8. The molecule has 0 aromatic rings. The molecule has 5 unspecified atom stereocenters. The summed E-state index contributed by atoms with van der Waals surface area (Å²) in [7, 11) is 6.95. The number of piperidine rings is 1. The summed E-state index contributed by atoms with van der Waals surface area (Å²) in [6, 6.07) is 0. The monoisotopic (exact) mass is 359 g/mol. The van der Waals surface area contributed by atoms with E-state index in [1.807, 2.05) is 25.8 Å². The number of hydrogen-bond donors (Lipinski definition) is 2. The van der Waals surface area contributed by atoms with E-state index in [1.165, 1.54) is 0 Å². The van der Waals surface area contributed by atoms with Gasteiger partial charge in [0.25, 0.3) is 0 Å². The van der Waals surface area contributed by atoms with Gasteiger partial charge in [0.2, 0.25) is 0 Å². The van der Waals surface area contributed by atoms with Crippen molar-refractivity contribution in [3.8, 4) is 0 Å². The third-order valence-corrected chi connectivity index (χ3v) is 7.27. The Labute approximate surface area is 150 Å². The quantitative estimate of drug-likeness (QED) is 0.426. The van der Waals surface area contributed by atoms with Crippen LogP contribution in [0.25, 0.3) is 0 Å². The van der Waals surface area contributed by atoms with E-state index in [4.69, 9.17) is 4.52 Å². The largest absolute Gasteiger partial charge is 0.396 e. The van der Waals surface area contributed by atoms with Crippen molar-refractivity contribution in [1.82, 2.24) is 14.7 Å². The van der Waals surface area contributed by atoms with Gasteiger partial charge in [0.1, 0.15) is 15.7 Å². The van der Waals surface area contributed by atoms with Crippen molar-refractivity contribution >= 4 is 23.4 Å². The smallest absolute Gasteiger partial charge is 0.345 e. The molecule has 0 amide bonds. The minimum Gasteiger partial charge on any atom is -0.396 e. The van der Waals surface area contributed by atoms with Crippen LogP contribution in [-0.4, -0.2) is 84.1 Å². The van der Waals surface area contributed by atoms with E-state index in [1.54, 1.807) is 4.67 Å². The first-order valence-corrected chi connectivity index (χ1v) is 10.7. The van der Waals surface area contributed by atoms with Gasteiger partial charge in [-0.1, -0.05) is 31.4 Å². The number of nitrogens with one attached hydrogen (secondary N) is 1. The molecule has 0 saturated carbocycles. The molecule has 5 atom stereocenters. The van der Waals surface area contributed by atoms with Gasteiger partial charge in [-0.2, -0.15) is 0 Å². The summed E-state index contributed by atoms with van der Waals surface area (Å²) in [5.74, 6) is 1.53. The van der Waals surface area contributed by atoms with Crippen LogP contribution in [0.5, 0.6) is 0 Å². The summed E-state index contributed by atoms with van der Waals surface area (Å²) >= 11 is 0. The average molecular weight is 359 g/mol. The second kappa shape index (κ2) is 10.3. The van der Waals surface area contributed by atoms with E-state index >= 15 is 0 Å². The minimum atomic E-state index is -3.03. The molecule has 1 saturated heterocycles. The molecule has 0 aromatic heterocycles. The molecular formula is C15H36B2N3O3P. The predicted molar refractivity (Wildman–Crippen MR) is 106 cm³/mol. The molecular weight excluding hydrogens is 323 g/mol. The minimum absolute atomic E-state index is 0.145. The first-order chi connectivity index (χ1) is 11.2. The zero-order chi connectivity index (χ0) is 18.3. The molecule has 9 heteroatoms. The number of nitrogens with zero attached hydrogens (tertiary/aromatic N) is 2. The van der Waals surface area contributed by atoms with E-state index in [9.17, 15) is 9.67 Å². The molecule has 24 heavy (non-hydrogen) atoms. The Hall–Kier alpha value is 0.160. The fourth-order valence-electron chi connectivity index (χ4n) is 3.65. The lowest BCUT2D eigenvalue weighted by Crippen LogP contribution is -2.41. The van der Waals surface area contributed by atoms with Crippen molar-refractivity contribution < 1.29 is 14.2 Å². The summed E-state index contributed by atoms with van der Waals surface area (Å²) in [5, 5.41) is 12.7. The first kappa shape index (κ1) is 22.2. The SMILES string of the molecule is BC(CNC)CC(C)COP(=O)(N(C)C)N1CC(B)CC(CO)C1. The van der Waals surface area contributed by atoms with Crippen LogP contribution in [0.4, 0.5) is 0 Å². The predicted octanol–water partition coefficient (Wildman–Crippen LogP) is 0.0757. The van der Waals surface area contributed by atoms with E-state index in [0.29, 0.717) is 30.7 Å². The third-order valence-electron chi connectivity index (χ3n) is 4.73. The number of hydrogen-bond acceptors (Lipinski definition) is 4. The number of aliphatic hydroxyl groups excluding tert-OH is 1. The van der Waals surface area contributed by atoms with Crippen molar-refractivity contribution in [2.75, 3.05) is 54.0 Å². The van der Waals surface area contributed by atoms with Gasteiger partial charge in [-0.25, -0.2) is 9.34 Å². The van der Waals surface area contributed by atoms with Crippen LogP contribution < -0.4 is 5.32 Å². The highest BCUT2D eigenvalue weighted by molar-refractivity contribution is 7.53. The molecule has 1 heterocycles. The molecule has 0 bridgehead atoms. The maximum absolute atomic E-state index is 13.5. The van der Waals surface area contributed by atoms with Gasteiger partial charge >= 0.3 is 7.67 Å². The van der Waals surface area contributed by atoms with Crippen molar-refractivity contribution in [1.29, 1.82) is 0 Å². The Morgan fingerprint density at radius 2 is 2.12 bits per heavy atom. The van der Waals surface area contributed by atoms with Gasteiger partial charge in [0, 0.05) is 19.7 Å². The van der Waals surface area contributed by atoms with E-state index in [-0.39, 0.29) is 12.5 Å². The lowest BCUT2D eigenvalue weighted by Gasteiger charge is -2.42. The fraction of sp³-hybridized carbons (Fsp3) is 1.00. The van der Waals surface area contributed by atoms with Gasteiger partial charge < -0.3 is 14.9 Å². The Morgan fingerprint density at radius 1 is 1.46 bits per heavy atom. The maximum atomic E-state index is 13.5. The first-order valence-electron chi connectivity index (χ1n) is 9.16. The van der Waals surface area contributed by atoms with Crippen molar-refractivity contribution in [3.63, 3.8) is 0 Å². The molecule has 1 aliphatic rings. The Balaban J connectivity index is 2.69. The Kier molecular flexibility index (Phi) is 9.57. The van der Waals surface area contributed by atoms with Gasteiger partial charge in [0.15, 0.2) is 0 Å². The molecule has 0 aromatic carbocycles. The molecule has 0 spiro atoms. The highest BCUT2D eigenvalue weighted by atomic mass is 31.2. The second-order valence-corrected chi connectivity index (χ2v) is 10.5. The maximum Gasteiger partial charge on any atom is 0.345 e. The van der Waals surface area contributed by atoms with Crippen LogP contribution in [0.15, 0.2) is 0 Å². The average Bonchev–Trinajstić information content (AvgIpc) is 2.51. The molecule has 2 N–H and O–H groups in total. The van der Waals surface area contributed by atoms with E-state index in [2.05, 4.69) is 27.9 Å². The standard InChI is InChI=1S/C15H36B2N3O3P/c1-12(5-14(16)7-18-2)11-23-24(22,19(3)4)20-8-13(10-21)6-15(17)9-20/h12-15,18,21H,5-11,16-17H2,1-4H3. The topological polar surface area (TPSA) is 65.0 Å². The molecule has 1 rings (SSSR count). The lowest BCUT2D eigenvalue weighted by molar-refractivity contribution is 0.134. The number of rotatable bonds is 10. The fourth-order valence-corrected chi connectivity index (χ4v) is 5.92. The summed E-state index contributed by atoms with van der Waals surface area (Å²) in [4.78, 5) is 0. The van der Waals surface area contributed by atoms with Crippen LogP contribution in [0.1, 0.15) is 19.8 Å². The van der Waals surface area contributed by atoms with E-state index < -0.39 is 7.67 Å². The van der Waals surface area contributed by atoms with Gasteiger partial charge in [-0.15, -0.1) is 0 Å². The zero-order valence-corrected chi connectivity index (χ0v) is 17.3. The van der Waals surface area contributed by atoms with Gasteiger partial charge in [-0.05, 0) is 39.5 Å².